The van der Waals surface area contributed by atoms with Crippen LogP contribution in [0.2, 0.25) is 5.02 Å². The Labute approximate surface area is 197 Å². The quantitative estimate of drug-likeness (QED) is 0.476. The van der Waals surface area contributed by atoms with Gasteiger partial charge in [-0.05, 0) is 64.3 Å². The van der Waals surface area contributed by atoms with E-state index in [0.29, 0.717) is 24.5 Å². The molecule has 2 amide bonds. The van der Waals surface area contributed by atoms with Crippen molar-refractivity contribution in [2.24, 2.45) is 0 Å². The van der Waals surface area contributed by atoms with E-state index in [-0.39, 0.29) is 30.3 Å². The van der Waals surface area contributed by atoms with Crippen molar-refractivity contribution in [3.8, 4) is 5.75 Å². The number of hydrogen-bond acceptors (Lipinski definition) is 3. The second-order valence-corrected chi connectivity index (χ2v) is 9.45. The summed E-state index contributed by atoms with van der Waals surface area (Å²) in [6, 6.07) is 14.7. The molecule has 6 heteroatoms. The number of benzene rings is 2. The molecule has 1 N–H and O–H groups in total. The molecular weight excluding hydrogens is 424 g/mol. The molecule has 174 valence electrons. The average molecular weight is 459 g/mol. The minimum atomic E-state index is -0.573. The molecule has 2 aromatic carbocycles. The van der Waals surface area contributed by atoms with Gasteiger partial charge in [0.1, 0.15) is 11.8 Å². The highest BCUT2D eigenvalue weighted by Gasteiger charge is 2.30. The van der Waals surface area contributed by atoms with Crippen molar-refractivity contribution >= 4 is 23.4 Å². The first-order valence-corrected chi connectivity index (χ1v) is 11.5. The number of rotatable bonds is 10. The van der Waals surface area contributed by atoms with Crippen LogP contribution in [-0.4, -0.2) is 34.9 Å². The Morgan fingerprint density at radius 3 is 2.34 bits per heavy atom. The molecule has 0 aliphatic heterocycles. The van der Waals surface area contributed by atoms with E-state index < -0.39 is 6.04 Å². The summed E-state index contributed by atoms with van der Waals surface area (Å²) >= 11 is 6.35. The molecule has 0 spiro atoms. The first-order chi connectivity index (χ1) is 15.1. The summed E-state index contributed by atoms with van der Waals surface area (Å²) in [4.78, 5) is 27.9. The number of amides is 2. The molecule has 0 radical (unpaired) electrons. The molecule has 2 rings (SSSR count). The Bertz CT molecular complexity index is 891. The summed E-state index contributed by atoms with van der Waals surface area (Å²) in [5, 5.41) is 3.59. The van der Waals surface area contributed by atoms with Crippen molar-refractivity contribution in [3.63, 3.8) is 0 Å². The van der Waals surface area contributed by atoms with Crippen LogP contribution < -0.4 is 10.1 Å². The van der Waals surface area contributed by atoms with Gasteiger partial charge >= 0.3 is 0 Å². The molecule has 2 aromatic rings. The normalized spacial score (nSPS) is 12.2. The van der Waals surface area contributed by atoms with Crippen molar-refractivity contribution in [2.75, 3.05) is 6.61 Å². The first-order valence-electron chi connectivity index (χ1n) is 11.1. The van der Waals surface area contributed by atoms with E-state index in [0.717, 1.165) is 11.3 Å². The van der Waals surface area contributed by atoms with Crippen LogP contribution in [0, 0.1) is 6.92 Å². The number of ether oxygens (including phenoxy) is 1. The SMILES string of the molecule is CCC(C(=O)NC(C)(C)C)N(Cc1ccccc1Cl)C(=O)CCCOc1ccc(C)cc1. The van der Waals surface area contributed by atoms with Crippen LogP contribution in [0.15, 0.2) is 48.5 Å². The molecule has 5 nitrogen and oxygen atoms in total. The van der Waals surface area contributed by atoms with Crippen molar-refractivity contribution in [3.05, 3.63) is 64.7 Å². The first kappa shape index (κ1) is 25.7. The van der Waals surface area contributed by atoms with Gasteiger partial charge in [-0.3, -0.25) is 9.59 Å². The lowest BCUT2D eigenvalue weighted by Gasteiger charge is -2.33. The maximum Gasteiger partial charge on any atom is 0.243 e. The zero-order chi connectivity index (χ0) is 23.7. The van der Waals surface area contributed by atoms with E-state index in [4.69, 9.17) is 16.3 Å². The molecule has 0 heterocycles. The fourth-order valence-corrected chi connectivity index (χ4v) is 3.57. The zero-order valence-electron chi connectivity index (χ0n) is 19.8. The largest absolute Gasteiger partial charge is 0.494 e. The summed E-state index contributed by atoms with van der Waals surface area (Å²) in [5.41, 5.74) is 1.60. The molecule has 0 bridgehead atoms. The summed E-state index contributed by atoms with van der Waals surface area (Å²) in [6.07, 6.45) is 1.36. The lowest BCUT2D eigenvalue weighted by molar-refractivity contribution is -0.142. The van der Waals surface area contributed by atoms with Gasteiger partial charge < -0.3 is 15.0 Å². The van der Waals surface area contributed by atoms with Crippen LogP contribution in [0.25, 0.3) is 0 Å². The number of aryl methyl sites for hydroxylation is 1. The maximum atomic E-state index is 13.2. The summed E-state index contributed by atoms with van der Waals surface area (Å²) in [5.74, 6) is 0.539. The van der Waals surface area contributed by atoms with Crippen LogP contribution in [0.4, 0.5) is 0 Å². The minimum absolute atomic E-state index is 0.0895. The van der Waals surface area contributed by atoms with E-state index >= 15 is 0 Å². The number of carbonyl (C=O) groups is 2. The highest BCUT2D eigenvalue weighted by molar-refractivity contribution is 6.31. The van der Waals surface area contributed by atoms with Gasteiger partial charge in [0.15, 0.2) is 0 Å². The van der Waals surface area contributed by atoms with Gasteiger partial charge in [0.05, 0.1) is 6.61 Å². The highest BCUT2D eigenvalue weighted by atomic mass is 35.5. The Hall–Kier alpha value is -2.53. The van der Waals surface area contributed by atoms with Gasteiger partial charge in [-0.15, -0.1) is 0 Å². The smallest absolute Gasteiger partial charge is 0.243 e. The third-order valence-electron chi connectivity index (χ3n) is 5.01. The van der Waals surface area contributed by atoms with E-state index in [2.05, 4.69) is 5.32 Å². The van der Waals surface area contributed by atoms with Crippen molar-refractivity contribution in [1.29, 1.82) is 0 Å². The number of halogens is 1. The number of hydrogen-bond donors (Lipinski definition) is 1. The molecule has 0 aliphatic carbocycles. The average Bonchev–Trinajstić information content (AvgIpc) is 2.72. The lowest BCUT2D eigenvalue weighted by atomic mass is 10.0. The zero-order valence-corrected chi connectivity index (χ0v) is 20.5. The Kier molecular flexibility index (Phi) is 9.58. The number of carbonyl (C=O) groups excluding carboxylic acids is 2. The molecule has 0 fully saturated rings. The van der Waals surface area contributed by atoms with Crippen LogP contribution in [0.5, 0.6) is 5.75 Å². The summed E-state index contributed by atoms with van der Waals surface area (Å²) < 4.78 is 5.76. The molecule has 1 unspecified atom stereocenters. The van der Waals surface area contributed by atoms with Crippen molar-refractivity contribution < 1.29 is 14.3 Å². The van der Waals surface area contributed by atoms with Crippen molar-refractivity contribution in [1.82, 2.24) is 10.2 Å². The number of nitrogens with zero attached hydrogens (tertiary/aromatic N) is 1. The molecule has 1 atom stereocenters. The van der Waals surface area contributed by atoms with E-state index in [1.807, 2.05) is 77.1 Å². The standard InChI is InChI=1S/C26H35ClN2O3/c1-6-23(25(31)28-26(3,4)5)29(18-20-10-7-8-11-22(20)27)24(30)12-9-17-32-21-15-13-19(2)14-16-21/h7-8,10-11,13-16,23H,6,9,12,17-18H2,1-5H3,(H,28,31). The molecule has 0 aromatic heterocycles. The molecule has 0 saturated carbocycles. The van der Waals surface area contributed by atoms with Crippen molar-refractivity contribution in [2.45, 2.75) is 72.0 Å². The lowest BCUT2D eigenvalue weighted by Crippen LogP contribution is -2.53. The molecule has 32 heavy (non-hydrogen) atoms. The van der Waals surface area contributed by atoms with Gasteiger partial charge in [-0.2, -0.15) is 0 Å². The summed E-state index contributed by atoms with van der Waals surface area (Å²) in [7, 11) is 0. The molecule has 0 saturated heterocycles. The second kappa shape index (κ2) is 11.9. The third-order valence-corrected chi connectivity index (χ3v) is 5.38. The fourth-order valence-electron chi connectivity index (χ4n) is 3.37. The van der Waals surface area contributed by atoms with E-state index in [9.17, 15) is 9.59 Å². The fraction of sp³-hybridized carbons (Fsp3) is 0.462. The van der Waals surface area contributed by atoms with E-state index in [1.165, 1.54) is 5.56 Å². The monoisotopic (exact) mass is 458 g/mol. The summed E-state index contributed by atoms with van der Waals surface area (Å²) in [6.45, 7) is 10.4. The number of nitrogens with one attached hydrogen (secondary N) is 1. The predicted octanol–water partition coefficient (Wildman–Crippen LogP) is 5.53. The van der Waals surface area contributed by atoms with Gasteiger partial charge in [-0.1, -0.05) is 54.4 Å². The van der Waals surface area contributed by atoms with Gasteiger partial charge in [0, 0.05) is 23.5 Å². The third kappa shape index (κ3) is 8.19. The second-order valence-electron chi connectivity index (χ2n) is 9.04. The predicted molar refractivity (Wildman–Crippen MR) is 130 cm³/mol. The van der Waals surface area contributed by atoms with Gasteiger partial charge in [-0.25, -0.2) is 0 Å². The topological polar surface area (TPSA) is 58.6 Å². The molecule has 0 aliphatic rings. The van der Waals surface area contributed by atoms with Crippen LogP contribution in [-0.2, 0) is 16.1 Å². The van der Waals surface area contributed by atoms with E-state index in [1.54, 1.807) is 11.0 Å². The Balaban J connectivity index is 2.09. The molecular formula is C26H35ClN2O3. The van der Waals surface area contributed by atoms with Gasteiger partial charge in [0.25, 0.3) is 0 Å². The Morgan fingerprint density at radius 2 is 1.75 bits per heavy atom. The van der Waals surface area contributed by atoms with Gasteiger partial charge in [0.2, 0.25) is 11.8 Å². The Morgan fingerprint density at radius 1 is 1.09 bits per heavy atom. The highest BCUT2D eigenvalue weighted by Crippen LogP contribution is 2.21. The maximum absolute atomic E-state index is 13.2. The van der Waals surface area contributed by atoms with Crippen LogP contribution in [0.1, 0.15) is 58.1 Å². The van der Waals surface area contributed by atoms with Crippen LogP contribution in [0.3, 0.4) is 0 Å². The minimum Gasteiger partial charge on any atom is -0.494 e. The van der Waals surface area contributed by atoms with Crippen LogP contribution >= 0.6 is 11.6 Å².